The Morgan fingerprint density at radius 3 is 2.92 bits per heavy atom. The minimum absolute atomic E-state index is 0.0524. The molecule has 13 heavy (non-hydrogen) atoms. The molecule has 0 aliphatic heterocycles. The van der Waals surface area contributed by atoms with Crippen LogP contribution in [0.2, 0.25) is 0 Å². The molecule has 1 rings (SSSR count). The average molecular weight is 184 g/mol. The van der Waals surface area contributed by atoms with Gasteiger partial charge in [0.15, 0.2) is 0 Å². The number of Topliss-reactive ketones (excluding diaryl/α,β-unsaturated/α-hetero) is 1. The summed E-state index contributed by atoms with van der Waals surface area (Å²) in [6.45, 7) is 4.18. The van der Waals surface area contributed by atoms with Crippen LogP contribution in [0, 0.1) is 11.8 Å². The Kier molecular flexibility index (Phi) is 3.46. The summed E-state index contributed by atoms with van der Waals surface area (Å²) in [5.74, 6) is -0.300. The van der Waals surface area contributed by atoms with Crippen molar-refractivity contribution in [3.05, 3.63) is 0 Å². The number of hydrogen-bond acceptors (Lipinski definition) is 3. The van der Waals surface area contributed by atoms with Crippen LogP contribution >= 0.6 is 0 Å². The van der Waals surface area contributed by atoms with E-state index < -0.39 is 5.92 Å². The molecular formula is C10H16O3. The molecule has 1 aliphatic rings. The van der Waals surface area contributed by atoms with E-state index in [1.807, 2.05) is 0 Å². The van der Waals surface area contributed by atoms with Crippen LogP contribution in [0.5, 0.6) is 0 Å². The second-order valence-electron chi connectivity index (χ2n) is 3.65. The first-order valence-electron chi connectivity index (χ1n) is 4.84. The molecule has 1 fully saturated rings. The highest BCUT2D eigenvalue weighted by molar-refractivity contribution is 5.99. The zero-order chi connectivity index (χ0) is 9.84. The largest absolute Gasteiger partial charge is 0.465 e. The van der Waals surface area contributed by atoms with Crippen LogP contribution in [0.15, 0.2) is 0 Å². The number of carbonyl (C=O) groups excluding carboxylic acids is 2. The van der Waals surface area contributed by atoms with Gasteiger partial charge >= 0.3 is 5.97 Å². The van der Waals surface area contributed by atoms with Crippen LogP contribution in [0.1, 0.15) is 33.1 Å². The lowest BCUT2D eigenvalue weighted by Gasteiger charge is -2.23. The molecule has 0 unspecified atom stereocenters. The van der Waals surface area contributed by atoms with Crippen LogP contribution in [0.3, 0.4) is 0 Å². The second kappa shape index (κ2) is 4.40. The Morgan fingerprint density at radius 1 is 1.62 bits per heavy atom. The monoisotopic (exact) mass is 184 g/mol. The standard InChI is InChI=1S/C10H16O3/c1-3-13-10(12)8-6-7(2)4-5-9(8)11/h7-8H,3-6H2,1-2H3/t7-,8+/m0/s1. The molecule has 0 aromatic rings. The highest BCUT2D eigenvalue weighted by Gasteiger charge is 2.32. The van der Waals surface area contributed by atoms with E-state index in [-0.39, 0.29) is 11.8 Å². The van der Waals surface area contributed by atoms with Gasteiger partial charge in [0.05, 0.1) is 6.61 Å². The summed E-state index contributed by atoms with van der Waals surface area (Å²) in [6.07, 6.45) is 2.11. The normalized spacial score (nSPS) is 28.6. The first-order valence-corrected chi connectivity index (χ1v) is 4.84. The van der Waals surface area contributed by atoms with Crippen molar-refractivity contribution >= 4 is 11.8 Å². The predicted octanol–water partition coefficient (Wildman–Crippen LogP) is 1.55. The van der Waals surface area contributed by atoms with Crippen LogP contribution in [-0.4, -0.2) is 18.4 Å². The fourth-order valence-corrected chi connectivity index (χ4v) is 1.69. The molecule has 0 aromatic carbocycles. The molecule has 0 spiro atoms. The predicted molar refractivity (Wildman–Crippen MR) is 48.1 cm³/mol. The van der Waals surface area contributed by atoms with Crippen molar-refractivity contribution in [3.63, 3.8) is 0 Å². The van der Waals surface area contributed by atoms with Gasteiger partial charge in [-0.3, -0.25) is 9.59 Å². The van der Waals surface area contributed by atoms with Gasteiger partial charge < -0.3 is 4.74 Å². The van der Waals surface area contributed by atoms with Gasteiger partial charge in [0.1, 0.15) is 11.7 Å². The highest BCUT2D eigenvalue weighted by atomic mass is 16.5. The van der Waals surface area contributed by atoms with Crippen molar-refractivity contribution < 1.29 is 14.3 Å². The summed E-state index contributed by atoms with van der Waals surface area (Å²) in [5.41, 5.74) is 0. The maximum absolute atomic E-state index is 11.4. The first kappa shape index (κ1) is 10.2. The molecular weight excluding hydrogens is 168 g/mol. The van der Waals surface area contributed by atoms with Crippen molar-refractivity contribution in [1.82, 2.24) is 0 Å². The molecule has 74 valence electrons. The fraction of sp³-hybridized carbons (Fsp3) is 0.800. The van der Waals surface area contributed by atoms with Crippen LogP contribution in [0.25, 0.3) is 0 Å². The molecule has 3 nitrogen and oxygen atoms in total. The SMILES string of the molecule is CCOC(=O)[C@@H]1C[C@@H](C)CCC1=O. The van der Waals surface area contributed by atoms with Crippen LogP contribution in [0.4, 0.5) is 0 Å². The quantitative estimate of drug-likeness (QED) is 0.483. The summed E-state index contributed by atoms with van der Waals surface area (Å²) in [6, 6.07) is 0. The van der Waals surface area contributed by atoms with E-state index in [0.29, 0.717) is 25.4 Å². The molecule has 1 aliphatic carbocycles. The number of ketones is 1. The Morgan fingerprint density at radius 2 is 2.31 bits per heavy atom. The lowest BCUT2D eigenvalue weighted by Crippen LogP contribution is -2.31. The van der Waals surface area contributed by atoms with E-state index in [1.54, 1.807) is 6.92 Å². The van der Waals surface area contributed by atoms with E-state index in [0.717, 1.165) is 6.42 Å². The van der Waals surface area contributed by atoms with Gasteiger partial charge in [-0.15, -0.1) is 0 Å². The molecule has 0 radical (unpaired) electrons. The minimum atomic E-state index is -0.483. The third-order valence-corrected chi connectivity index (χ3v) is 2.48. The topological polar surface area (TPSA) is 43.4 Å². The molecule has 1 saturated carbocycles. The van der Waals surface area contributed by atoms with Gasteiger partial charge in [-0.1, -0.05) is 6.92 Å². The van der Waals surface area contributed by atoms with Crippen molar-refractivity contribution in [1.29, 1.82) is 0 Å². The smallest absolute Gasteiger partial charge is 0.316 e. The number of hydrogen-bond donors (Lipinski definition) is 0. The Hall–Kier alpha value is -0.860. The van der Waals surface area contributed by atoms with E-state index in [2.05, 4.69) is 6.92 Å². The summed E-state index contributed by atoms with van der Waals surface area (Å²) in [5, 5.41) is 0. The number of carbonyl (C=O) groups is 2. The third-order valence-electron chi connectivity index (χ3n) is 2.48. The van der Waals surface area contributed by atoms with Gasteiger partial charge in [-0.2, -0.15) is 0 Å². The van der Waals surface area contributed by atoms with Gasteiger partial charge in [-0.05, 0) is 25.7 Å². The average Bonchev–Trinajstić information content (AvgIpc) is 2.09. The first-order chi connectivity index (χ1) is 6.15. The molecule has 0 amide bonds. The molecule has 0 heterocycles. The van der Waals surface area contributed by atoms with Crippen molar-refractivity contribution in [2.24, 2.45) is 11.8 Å². The highest BCUT2D eigenvalue weighted by Crippen LogP contribution is 2.26. The summed E-state index contributed by atoms with van der Waals surface area (Å²) < 4.78 is 4.84. The molecule has 0 N–H and O–H groups in total. The summed E-state index contributed by atoms with van der Waals surface area (Å²) >= 11 is 0. The maximum Gasteiger partial charge on any atom is 0.316 e. The zero-order valence-electron chi connectivity index (χ0n) is 8.21. The Bertz CT molecular complexity index is 210. The summed E-state index contributed by atoms with van der Waals surface area (Å²) in [4.78, 5) is 22.7. The Labute approximate surface area is 78.5 Å². The van der Waals surface area contributed by atoms with Gasteiger partial charge in [0.2, 0.25) is 0 Å². The second-order valence-corrected chi connectivity index (χ2v) is 3.65. The van der Waals surface area contributed by atoms with Crippen LogP contribution in [-0.2, 0) is 14.3 Å². The van der Waals surface area contributed by atoms with Crippen molar-refractivity contribution in [3.8, 4) is 0 Å². The zero-order valence-corrected chi connectivity index (χ0v) is 8.21. The molecule has 0 bridgehead atoms. The minimum Gasteiger partial charge on any atom is -0.465 e. The molecule has 0 saturated heterocycles. The number of ether oxygens (including phenoxy) is 1. The van der Waals surface area contributed by atoms with Crippen molar-refractivity contribution in [2.75, 3.05) is 6.61 Å². The van der Waals surface area contributed by atoms with Gasteiger partial charge in [0, 0.05) is 6.42 Å². The van der Waals surface area contributed by atoms with Crippen molar-refractivity contribution in [2.45, 2.75) is 33.1 Å². The Balaban J connectivity index is 2.55. The lowest BCUT2D eigenvalue weighted by molar-refractivity contribution is -0.153. The van der Waals surface area contributed by atoms with E-state index in [4.69, 9.17) is 4.74 Å². The molecule has 2 atom stereocenters. The van der Waals surface area contributed by atoms with E-state index in [1.165, 1.54) is 0 Å². The number of esters is 1. The maximum atomic E-state index is 11.4. The summed E-state index contributed by atoms with van der Waals surface area (Å²) in [7, 11) is 0. The van der Waals surface area contributed by atoms with E-state index in [9.17, 15) is 9.59 Å². The molecule has 3 heteroatoms. The van der Waals surface area contributed by atoms with Gasteiger partial charge in [0.25, 0.3) is 0 Å². The van der Waals surface area contributed by atoms with Gasteiger partial charge in [-0.25, -0.2) is 0 Å². The number of rotatable bonds is 2. The third kappa shape index (κ3) is 2.54. The molecule has 0 aromatic heterocycles. The van der Waals surface area contributed by atoms with Crippen LogP contribution < -0.4 is 0 Å². The fourth-order valence-electron chi connectivity index (χ4n) is 1.69. The van der Waals surface area contributed by atoms with E-state index >= 15 is 0 Å². The lowest BCUT2D eigenvalue weighted by atomic mass is 9.81.